The van der Waals surface area contributed by atoms with E-state index in [4.69, 9.17) is 9.47 Å². The van der Waals surface area contributed by atoms with E-state index in [0.29, 0.717) is 47.9 Å². The topological polar surface area (TPSA) is 134 Å². The highest BCUT2D eigenvalue weighted by atomic mass is 28.3. The molecule has 2 aliphatic carbocycles. The van der Waals surface area contributed by atoms with Gasteiger partial charge in [0.25, 0.3) is 0 Å². The lowest BCUT2D eigenvalue weighted by atomic mass is 10.1. The molecule has 4 heterocycles. The lowest BCUT2D eigenvalue weighted by Crippen LogP contribution is -2.22. The molecule has 4 aromatic heterocycles. The van der Waals surface area contributed by atoms with Gasteiger partial charge in [-0.05, 0) is 66.8 Å². The Kier molecular flexibility index (Phi) is 7.99. The zero-order valence-electron chi connectivity index (χ0n) is 23.7. The molecule has 0 aliphatic heterocycles. The van der Waals surface area contributed by atoms with Crippen LogP contribution >= 0.6 is 0 Å². The fourth-order valence-electron chi connectivity index (χ4n) is 4.40. The Morgan fingerprint density at radius 3 is 2.17 bits per heavy atom. The second-order valence-electron chi connectivity index (χ2n) is 11.6. The van der Waals surface area contributed by atoms with E-state index in [2.05, 4.69) is 49.6 Å². The quantitative estimate of drug-likeness (QED) is 0.169. The van der Waals surface area contributed by atoms with Crippen LogP contribution in [0.2, 0.25) is 25.7 Å². The number of H-pyrrole nitrogens is 1. The third-order valence-corrected chi connectivity index (χ3v) is 8.82. The van der Waals surface area contributed by atoms with Gasteiger partial charge in [-0.15, -0.1) is 0 Å². The summed E-state index contributed by atoms with van der Waals surface area (Å²) in [5.74, 6) is 0.342. The van der Waals surface area contributed by atoms with Gasteiger partial charge in [0.15, 0.2) is 22.7 Å². The number of nitrogens with zero attached hydrogens (tertiary/aromatic N) is 5. The molecular formula is C28H36N6O5Si. The molecule has 0 amide bonds. The highest BCUT2D eigenvalue weighted by molar-refractivity contribution is 6.76. The van der Waals surface area contributed by atoms with Gasteiger partial charge in [-0.2, -0.15) is 10.2 Å². The molecule has 0 unspecified atom stereocenters. The van der Waals surface area contributed by atoms with Crippen molar-refractivity contribution in [2.75, 3.05) is 20.8 Å². The van der Waals surface area contributed by atoms with E-state index in [1.165, 1.54) is 51.0 Å². The second kappa shape index (κ2) is 11.5. The van der Waals surface area contributed by atoms with E-state index in [9.17, 15) is 9.59 Å². The van der Waals surface area contributed by atoms with Crippen LogP contribution in [0.15, 0.2) is 24.5 Å². The normalized spacial score (nSPS) is 15.1. The largest absolute Gasteiger partial charge is 0.464 e. The molecule has 2 fully saturated rings. The summed E-state index contributed by atoms with van der Waals surface area (Å²) < 4.78 is 17.0. The number of pyridine rings is 2. The van der Waals surface area contributed by atoms with Gasteiger partial charge in [0.1, 0.15) is 6.73 Å². The molecule has 0 bridgehead atoms. The minimum atomic E-state index is -1.13. The summed E-state index contributed by atoms with van der Waals surface area (Å²) in [5, 5.41) is 12.5. The summed E-state index contributed by atoms with van der Waals surface area (Å²) in [7, 11) is 1.60. The van der Waals surface area contributed by atoms with Gasteiger partial charge >= 0.3 is 11.9 Å². The summed E-state index contributed by atoms with van der Waals surface area (Å²) >= 11 is 0. The molecule has 0 aromatic carbocycles. The molecule has 4 aromatic rings. The van der Waals surface area contributed by atoms with E-state index in [1.54, 1.807) is 4.68 Å². The maximum atomic E-state index is 12.0. The van der Waals surface area contributed by atoms with Crippen molar-refractivity contribution < 1.29 is 23.8 Å². The third kappa shape index (κ3) is 6.39. The van der Waals surface area contributed by atoms with Crippen LogP contribution in [0.1, 0.15) is 69.6 Å². The van der Waals surface area contributed by atoms with Crippen LogP contribution in [-0.4, -0.2) is 70.8 Å². The van der Waals surface area contributed by atoms with Crippen LogP contribution in [0.3, 0.4) is 0 Å². The molecular weight excluding hydrogens is 528 g/mol. The number of hydrogen-bond acceptors (Lipinski definition) is 9. The number of aromatic amines is 1. The highest BCUT2D eigenvalue weighted by Gasteiger charge is 2.27. The standard InChI is InChI=1S/C17H25N3O3Si.C11H11N3O2/c1-22-17(21)15-14-9-13(12-5-6-12)10-18-16(14)20(19-15)11-23-7-8-24(2,3)4;1-16-11(15)9-8-4-7(6-2-3-6)5-12-10(8)14-13-9/h9-10,12H,5-8,11H2,1-4H3;4-6H,2-3H2,1H3,(H,12,13,14). The first-order chi connectivity index (χ1) is 19.2. The minimum absolute atomic E-state index is 0.299. The summed E-state index contributed by atoms with van der Waals surface area (Å²) in [6, 6.07) is 5.10. The zero-order chi connectivity index (χ0) is 28.4. The summed E-state index contributed by atoms with van der Waals surface area (Å²) in [4.78, 5) is 32.3. The molecule has 2 saturated carbocycles. The number of esters is 2. The van der Waals surface area contributed by atoms with Gasteiger partial charge in [0.05, 0.1) is 25.0 Å². The number of aromatic nitrogens is 6. The fraction of sp³-hybridized carbons (Fsp3) is 0.500. The molecule has 11 nitrogen and oxygen atoms in total. The average molecular weight is 565 g/mol. The Balaban J connectivity index is 0.000000174. The number of carbonyl (C=O) groups is 2. The number of methoxy groups -OCH3 is 2. The second-order valence-corrected chi connectivity index (χ2v) is 17.2. The van der Waals surface area contributed by atoms with Gasteiger partial charge in [-0.3, -0.25) is 5.10 Å². The van der Waals surface area contributed by atoms with Crippen molar-refractivity contribution in [1.29, 1.82) is 0 Å². The van der Waals surface area contributed by atoms with Crippen molar-refractivity contribution in [3.05, 3.63) is 47.0 Å². The van der Waals surface area contributed by atoms with Crippen molar-refractivity contribution in [3.8, 4) is 0 Å². The van der Waals surface area contributed by atoms with Crippen molar-refractivity contribution in [3.63, 3.8) is 0 Å². The van der Waals surface area contributed by atoms with E-state index in [1.807, 2.05) is 24.5 Å². The fourth-order valence-corrected chi connectivity index (χ4v) is 5.15. The molecule has 212 valence electrons. The molecule has 0 saturated heterocycles. The van der Waals surface area contributed by atoms with Crippen molar-refractivity contribution in [2.24, 2.45) is 0 Å². The van der Waals surface area contributed by atoms with Crippen molar-refractivity contribution in [2.45, 2.75) is 69.9 Å². The van der Waals surface area contributed by atoms with Crippen LogP contribution in [0.25, 0.3) is 22.1 Å². The number of hydrogen-bond donors (Lipinski definition) is 1. The van der Waals surface area contributed by atoms with Crippen LogP contribution in [-0.2, 0) is 20.9 Å². The van der Waals surface area contributed by atoms with Crippen LogP contribution < -0.4 is 0 Å². The molecule has 2 aliphatic rings. The third-order valence-electron chi connectivity index (χ3n) is 7.11. The van der Waals surface area contributed by atoms with E-state index < -0.39 is 20.0 Å². The summed E-state index contributed by atoms with van der Waals surface area (Å²) in [5.41, 5.74) is 4.28. The number of rotatable bonds is 9. The maximum Gasteiger partial charge on any atom is 0.359 e. The summed E-state index contributed by atoms with van der Waals surface area (Å²) in [6.07, 6.45) is 8.52. The zero-order valence-corrected chi connectivity index (χ0v) is 24.7. The lowest BCUT2D eigenvalue weighted by molar-refractivity contribution is 0.0580. The van der Waals surface area contributed by atoms with Crippen LogP contribution in [0, 0.1) is 0 Å². The molecule has 0 spiro atoms. The van der Waals surface area contributed by atoms with Gasteiger partial charge in [-0.25, -0.2) is 24.2 Å². The number of nitrogens with one attached hydrogen (secondary N) is 1. The van der Waals surface area contributed by atoms with Gasteiger partial charge in [0.2, 0.25) is 0 Å². The van der Waals surface area contributed by atoms with Crippen molar-refractivity contribution in [1.82, 2.24) is 29.9 Å². The molecule has 40 heavy (non-hydrogen) atoms. The Morgan fingerprint density at radius 2 is 1.57 bits per heavy atom. The first kappa shape index (κ1) is 27.9. The van der Waals surface area contributed by atoms with E-state index in [0.717, 1.165) is 16.8 Å². The van der Waals surface area contributed by atoms with Gasteiger partial charge < -0.3 is 14.2 Å². The molecule has 0 atom stereocenters. The van der Waals surface area contributed by atoms with Crippen LogP contribution in [0.5, 0.6) is 0 Å². The SMILES string of the molecule is COC(=O)c1[nH]nc2ncc(C3CC3)cc12.COC(=O)c1nn(COCC[Si](C)(C)C)c2ncc(C3CC3)cc12. The average Bonchev–Trinajstić information content (AvgIpc) is 3.88. The highest BCUT2D eigenvalue weighted by Crippen LogP contribution is 2.41. The minimum Gasteiger partial charge on any atom is -0.464 e. The Labute approximate surface area is 233 Å². The molecule has 6 rings (SSSR count). The van der Waals surface area contributed by atoms with Crippen LogP contribution in [0.4, 0.5) is 0 Å². The Morgan fingerprint density at radius 1 is 0.950 bits per heavy atom. The van der Waals surface area contributed by atoms with E-state index >= 15 is 0 Å². The van der Waals surface area contributed by atoms with Gasteiger partial charge in [-0.1, -0.05) is 19.6 Å². The van der Waals surface area contributed by atoms with Gasteiger partial charge in [0, 0.05) is 27.1 Å². The first-order valence-corrected chi connectivity index (χ1v) is 17.3. The number of ether oxygens (including phenoxy) is 3. The Hall–Kier alpha value is -3.64. The predicted octanol–water partition coefficient (Wildman–Crippen LogP) is 5.03. The molecule has 12 heteroatoms. The molecule has 1 N–H and O–H groups in total. The Bertz CT molecular complexity index is 1530. The monoisotopic (exact) mass is 564 g/mol. The summed E-state index contributed by atoms with van der Waals surface area (Å²) in [6.45, 7) is 7.94. The number of fused-ring (bicyclic) bond motifs is 2. The van der Waals surface area contributed by atoms with E-state index in [-0.39, 0.29) is 0 Å². The smallest absolute Gasteiger partial charge is 0.359 e. The molecule has 0 radical (unpaired) electrons. The lowest BCUT2D eigenvalue weighted by Gasteiger charge is -2.15. The first-order valence-electron chi connectivity index (χ1n) is 13.6. The van der Waals surface area contributed by atoms with Crippen molar-refractivity contribution >= 4 is 42.1 Å². The maximum absolute atomic E-state index is 12.0. The number of carbonyl (C=O) groups excluding carboxylic acids is 2. The predicted molar refractivity (Wildman–Crippen MR) is 152 cm³/mol.